The Morgan fingerprint density at radius 2 is 1.95 bits per heavy atom. The number of hydrogen-bond donors (Lipinski definition) is 2. The molecule has 118 valence electrons. The number of amides is 1. The van der Waals surface area contributed by atoms with Crippen LogP contribution in [0.15, 0.2) is 24.3 Å². The van der Waals surface area contributed by atoms with Crippen LogP contribution in [0, 0.1) is 13.8 Å². The molecule has 2 aromatic rings. The van der Waals surface area contributed by atoms with Crippen LogP contribution in [0.5, 0.6) is 0 Å². The van der Waals surface area contributed by atoms with Gasteiger partial charge in [0.05, 0.1) is 22.5 Å². The lowest BCUT2D eigenvalue weighted by Crippen LogP contribution is -2.32. The first-order valence-electron chi connectivity index (χ1n) is 6.78. The van der Waals surface area contributed by atoms with Crippen molar-refractivity contribution in [2.75, 3.05) is 6.54 Å². The molecule has 1 atom stereocenters. The fourth-order valence-electron chi connectivity index (χ4n) is 2.03. The molecule has 0 aliphatic rings. The van der Waals surface area contributed by atoms with Gasteiger partial charge in [-0.3, -0.25) is 9.48 Å². The Bertz CT molecular complexity index is 668. The zero-order valence-electron chi connectivity index (χ0n) is 12.3. The summed E-state index contributed by atoms with van der Waals surface area (Å²) in [6.07, 6.45) is -0.787. The van der Waals surface area contributed by atoms with Gasteiger partial charge in [0, 0.05) is 11.6 Å². The van der Waals surface area contributed by atoms with E-state index in [1.54, 1.807) is 42.8 Å². The number of aliphatic hydroxyl groups excluding tert-OH is 1. The molecule has 2 rings (SSSR count). The minimum Gasteiger partial charge on any atom is -0.387 e. The minimum atomic E-state index is -0.787. The lowest BCUT2D eigenvalue weighted by atomic mass is 10.1. The summed E-state index contributed by atoms with van der Waals surface area (Å²) >= 11 is 11.8. The Balaban J connectivity index is 1.89. The summed E-state index contributed by atoms with van der Waals surface area (Å²) in [4.78, 5) is 11.9. The maximum Gasteiger partial charge on any atom is 0.241 e. The Morgan fingerprint density at radius 1 is 1.32 bits per heavy atom. The first-order chi connectivity index (χ1) is 10.4. The van der Waals surface area contributed by atoms with Gasteiger partial charge in [0.1, 0.15) is 6.54 Å². The van der Waals surface area contributed by atoms with Crippen molar-refractivity contribution >= 4 is 29.1 Å². The zero-order valence-corrected chi connectivity index (χ0v) is 13.8. The summed E-state index contributed by atoms with van der Waals surface area (Å²) in [6.45, 7) is 3.77. The van der Waals surface area contributed by atoms with Crippen LogP contribution in [-0.4, -0.2) is 27.3 Å². The Kier molecular flexibility index (Phi) is 5.45. The van der Waals surface area contributed by atoms with Gasteiger partial charge in [-0.15, -0.1) is 0 Å². The van der Waals surface area contributed by atoms with Crippen LogP contribution in [0.25, 0.3) is 0 Å². The molecule has 0 fully saturated rings. The number of aryl methyl sites for hydroxylation is 1. The van der Waals surface area contributed by atoms with Crippen LogP contribution in [-0.2, 0) is 11.3 Å². The van der Waals surface area contributed by atoms with Crippen LogP contribution in [0.3, 0.4) is 0 Å². The van der Waals surface area contributed by atoms with E-state index in [0.29, 0.717) is 21.3 Å². The highest BCUT2D eigenvalue weighted by Crippen LogP contribution is 2.19. The first kappa shape index (κ1) is 16.8. The van der Waals surface area contributed by atoms with Crippen molar-refractivity contribution in [1.82, 2.24) is 15.1 Å². The van der Waals surface area contributed by atoms with Gasteiger partial charge in [0.2, 0.25) is 5.91 Å². The van der Waals surface area contributed by atoms with Crippen molar-refractivity contribution in [3.05, 3.63) is 51.3 Å². The van der Waals surface area contributed by atoms with Crippen LogP contribution in [0.4, 0.5) is 0 Å². The molecule has 1 aromatic heterocycles. The molecule has 0 aliphatic carbocycles. The van der Waals surface area contributed by atoms with E-state index in [-0.39, 0.29) is 19.0 Å². The summed E-state index contributed by atoms with van der Waals surface area (Å²) in [5.41, 5.74) is 2.12. The number of aromatic nitrogens is 2. The van der Waals surface area contributed by atoms with E-state index >= 15 is 0 Å². The maximum absolute atomic E-state index is 11.9. The Labute approximate surface area is 138 Å². The van der Waals surface area contributed by atoms with Crippen molar-refractivity contribution in [2.24, 2.45) is 0 Å². The predicted octanol–water partition coefficient (Wildman–Crippen LogP) is 2.66. The van der Waals surface area contributed by atoms with E-state index in [0.717, 1.165) is 5.69 Å². The number of carbonyl (C=O) groups excluding carboxylic acids is 1. The summed E-state index contributed by atoms with van der Waals surface area (Å²) < 4.78 is 1.54. The number of nitrogens with one attached hydrogen (secondary N) is 1. The minimum absolute atomic E-state index is 0.0622. The molecule has 0 spiro atoms. The smallest absolute Gasteiger partial charge is 0.241 e. The van der Waals surface area contributed by atoms with Crippen LogP contribution in [0.2, 0.25) is 10.0 Å². The molecule has 1 amide bonds. The zero-order chi connectivity index (χ0) is 16.3. The molecular weight excluding hydrogens is 325 g/mol. The molecule has 0 saturated carbocycles. The average Bonchev–Trinajstić information content (AvgIpc) is 2.73. The van der Waals surface area contributed by atoms with Crippen molar-refractivity contribution < 1.29 is 9.90 Å². The first-order valence-corrected chi connectivity index (χ1v) is 7.54. The van der Waals surface area contributed by atoms with Crippen LogP contribution in [0.1, 0.15) is 23.1 Å². The van der Waals surface area contributed by atoms with E-state index in [2.05, 4.69) is 10.4 Å². The van der Waals surface area contributed by atoms with E-state index in [4.69, 9.17) is 23.2 Å². The number of rotatable bonds is 5. The van der Waals surface area contributed by atoms with Crippen molar-refractivity contribution in [3.63, 3.8) is 0 Å². The molecule has 5 nitrogen and oxygen atoms in total. The normalized spacial score (nSPS) is 12.2. The maximum atomic E-state index is 11.9. The van der Waals surface area contributed by atoms with Crippen LogP contribution < -0.4 is 5.32 Å². The van der Waals surface area contributed by atoms with Gasteiger partial charge in [-0.1, -0.05) is 35.3 Å². The highest BCUT2D eigenvalue weighted by Gasteiger charge is 2.13. The van der Waals surface area contributed by atoms with Gasteiger partial charge in [-0.05, 0) is 31.5 Å². The van der Waals surface area contributed by atoms with Gasteiger partial charge in [-0.2, -0.15) is 5.10 Å². The standard InChI is InChI=1S/C15H17Cl2N3O2/c1-9-15(17)10(2)20(19-9)8-14(22)18-7-13(21)11-3-5-12(16)6-4-11/h3-6,13,21H,7-8H2,1-2H3,(H,18,22). The fraction of sp³-hybridized carbons (Fsp3) is 0.333. The van der Waals surface area contributed by atoms with E-state index in [9.17, 15) is 9.90 Å². The molecular formula is C15H17Cl2N3O2. The summed E-state index contributed by atoms with van der Waals surface area (Å²) in [6, 6.07) is 6.83. The summed E-state index contributed by atoms with van der Waals surface area (Å²) in [5.74, 6) is -0.240. The van der Waals surface area contributed by atoms with Crippen molar-refractivity contribution in [3.8, 4) is 0 Å². The van der Waals surface area contributed by atoms with Crippen LogP contribution >= 0.6 is 23.2 Å². The highest BCUT2D eigenvalue weighted by molar-refractivity contribution is 6.31. The summed E-state index contributed by atoms with van der Waals surface area (Å²) in [5, 5.41) is 18.1. The molecule has 7 heteroatoms. The lowest BCUT2D eigenvalue weighted by Gasteiger charge is -2.12. The number of halogens is 2. The molecule has 0 bridgehead atoms. The summed E-state index contributed by atoms with van der Waals surface area (Å²) in [7, 11) is 0. The molecule has 0 radical (unpaired) electrons. The number of nitrogens with zero attached hydrogens (tertiary/aromatic N) is 2. The van der Waals surface area contributed by atoms with E-state index in [1.807, 2.05) is 0 Å². The highest BCUT2D eigenvalue weighted by atomic mass is 35.5. The van der Waals surface area contributed by atoms with Gasteiger partial charge >= 0.3 is 0 Å². The number of hydrogen-bond acceptors (Lipinski definition) is 3. The second kappa shape index (κ2) is 7.13. The third kappa shape index (κ3) is 4.00. The van der Waals surface area contributed by atoms with Gasteiger partial charge in [0.15, 0.2) is 0 Å². The second-order valence-corrected chi connectivity index (χ2v) is 5.83. The molecule has 22 heavy (non-hydrogen) atoms. The van der Waals surface area contributed by atoms with Gasteiger partial charge < -0.3 is 10.4 Å². The lowest BCUT2D eigenvalue weighted by molar-refractivity contribution is -0.122. The third-order valence-electron chi connectivity index (χ3n) is 3.33. The number of carbonyl (C=O) groups is 1. The monoisotopic (exact) mass is 341 g/mol. The SMILES string of the molecule is Cc1nn(CC(=O)NCC(O)c2ccc(Cl)cc2)c(C)c1Cl. The molecule has 1 unspecified atom stereocenters. The van der Waals surface area contributed by atoms with Crippen molar-refractivity contribution in [2.45, 2.75) is 26.5 Å². The predicted molar refractivity (Wildman–Crippen MR) is 86.1 cm³/mol. The fourth-order valence-corrected chi connectivity index (χ4v) is 2.30. The third-order valence-corrected chi connectivity index (χ3v) is 4.13. The average molecular weight is 342 g/mol. The van der Waals surface area contributed by atoms with E-state index < -0.39 is 6.10 Å². The Hall–Kier alpha value is -1.56. The molecule has 1 aromatic carbocycles. The van der Waals surface area contributed by atoms with Gasteiger partial charge in [-0.25, -0.2) is 0 Å². The largest absolute Gasteiger partial charge is 0.387 e. The number of aliphatic hydroxyl groups is 1. The molecule has 0 saturated heterocycles. The molecule has 1 heterocycles. The second-order valence-electron chi connectivity index (χ2n) is 5.01. The number of benzene rings is 1. The van der Waals surface area contributed by atoms with Gasteiger partial charge in [0.25, 0.3) is 0 Å². The molecule has 2 N–H and O–H groups in total. The molecule has 0 aliphatic heterocycles. The van der Waals surface area contributed by atoms with Crippen molar-refractivity contribution in [1.29, 1.82) is 0 Å². The quantitative estimate of drug-likeness (QED) is 0.878. The van der Waals surface area contributed by atoms with E-state index in [1.165, 1.54) is 0 Å². The Morgan fingerprint density at radius 3 is 2.50 bits per heavy atom. The topological polar surface area (TPSA) is 67.2 Å².